The minimum atomic E-state index is -0.113. The van der Waals surface area contributed by atoms with E-state index in [1.54, 1.807) is 12.1 Å². The fraction of sp³-hybridized carbons (Fsp3) is 0.296. The van der Waals surface area contributed by atoms with Crippen molar-refractivity contribution in [3.05, 3.63) is 95.6 Å². The van der Waals surface area contributed by atoms with Gasteiger partial charge < -0.3 is 15.4 Å². The molecule has 0 radical (unpaired) electrons. The van der Waals surface area contributed by atoms with Crippen molar-refractivity contribution >= 4 is 24.0 Å². The van der Waals surface area contributed by atoms with Crippen LogP contribution in [0.25, 0.3) is 0 Å². The predicted octanol–water partition coefficient (Wildman–Crippen LogP) is 5.80. The molecule has 2 saturated carbocycles. The van der Waals surface area contributed by atoms with Crippen molar-refractivity contribution in [2.24, 2.45) is 5.92 Å². The Bertz CT molecular complexity index is 1020. The van der Waals surface area contributed by atoms with Gasteiger partial charge in [-0.2, -0.15) is 0 Å². The second kappa shape index (κ2) is 10.2. The van der Waals surface area contributed by atoms with Gasteiger partial charge in [0.2, 0.25) is 0 Å². The fourth-order valence-corrected chi connectivity index (χ4v) is 3.89. The number of halogens is 1. The summed E-state index contributed by atoms with van der Waals surface area (Å²) in [6.07, 6.45) is 4.00. The summed E-state index contributed by atoms with van der Waals surface area (Å²) in [4.78, 5) is 12.6. The Morgan fingerprint density at radius 1 is 0.906 bits per heavy atom. The summed E-state index contributed by atoms with van der Waals surface area (Å²) in [5.74, 6) is 2.17. The second-order valence-electron chi connectivity index (χ2n) is 8.68. The minimum absolute atomic E-state index is 0. The highest BCUT2D eigenvalue weighted by molar-refractivity contribution is 6.04. The standard InChI is InChI=1S/C27H28N2O2.ClH/c30-27(22-10-14-24(15-11-22)31-18-20-4-2-1-3-5-20)29-23-12-8-21(9-13-23)25-16-26(25)28-17-19-6-7-19;/h1-5,8-15,19,25-26,28H,6-7,16-18H2,(H,29,30);1H. The first-order valence-electron chi connectivity index (χ1n) is 11.2. The molecule has 3 aromatic rings. The Kier molecular flexibility index (Phi) is 7.13. The van der Waals surface area contributed by atoms with Gasteiger partial charge in [0.15, 0.2) is 0 Å². The lowest BCUT2D eigenvalue weighted by Crippen LogP contribution is -2.20. The Labute approximate surface area is 195 Å². The number of rotatable bonds is 9. The number of ether oxygens (including phenoxy) is 1. The van der Waals surface area contributed by atoms with E-state index in [-0.39, 0.29) is 18.3 Å². The van der Waals surface area contributed by atoms with Crippen LogP contribution in [0.2, 0.25) is 0 Å². The Morgan fingerprint density at radius 2 is 1.62 bits per heavy atom. The van der Waals surface area contributed by atoms with Crippen LogP contribution in [-0.2, 0) is 6.61 Å². The van der Waals surface area contributed by atoms with Gasteiger partial charge in [0.1, 0.15) is 12.4 Å². The van der Waals surface area contributed by atoms with Gasteiger partial charge in [-0.25, -0.2) is 0 Å². The Morgan fingerprint density at radius 3 is 2.31 bits per heavy atom. The van der Waals surface area contributed by atoms with Gasteiger partial charge in [-0.05, 0) is 79.3 Å². The highest BCUT2D eigenvalue weighted by atomic mass is 35.5. The molecule has 0 aliphatic heterocycles. The molecule has 0 saturated heterocycles. The molecule has 5 heteroatoms. The van der Waals surface area contributed by atoms with Crippen molar-refractivity contribution in [2.75, 3.05) is 11.9 Å². The van der Waals surface area contributed by atoms with Gasteiger partial charge in [0.25, 0.3) is 5.91 Å². The zero-order chi connectivity index (χ0) is 21.0. The molecule has 0 aromatic heterocycles. The molecule has 2 unspecified atom stereocenters. The topological polar surface area (TPSA) is 50.4 Å². The van der Waals surface area contributed by atoms with Crippen LogP contribution in [-0.4, -0.2) is 18.5 Å². The Hall–Kier alpha value is -2.82. The SMILES string of the molecule is Cl.O=C(Nc1ccc(C2CC2NCC2CC2)cc1)c1ccc(OCc2ccccc2)cc1. The third-order valence-corrected chi connectivity index (χ3v) is 6.12. The van der Waals surface area contributed by atoms with Crippen molar-refractivity contribution in [3.8, 4) is 5.75 Å². The van der Waals surface area contributed by atoms with E-state index in [0.29, 0.717) is 24.1 Å². The van der Waals surface area contributed by atoms with E-state index < -0.39 is 0 Å². The molecule has 4 nitrogen and oxygen atoms in total. The van der Waals surface area contributed by atoms with Crippen LogP contribution in [0.3, 0.4) is 0 Å². The molecule has 3 aromatic carbocycles. The molecule has 2 fully saturated rings. The van der Waals surface area contributed by atoms with Gasteiger partial charge >= 0.3 is 0 Å². The van der Waals surface area contributed by atoms with E-state index in [1.807, 2.05) is 54.6 Å². The average molecular weight is 449 g/mol. The highest BCUT2D eigenvalue weighted by Gasteiger charge is 2.38. The predicted molar refractivity (Wildman–Crippen MR) is 131 cm³/mol. The maximum absolute atomic E-state index is 12.6. The third-order valence-electron chi connectivity index (χ3n) is 6.12. The number of amides is 1. The molecule has 1 amide bonds. The Balaban J connectivity index is 0.00000245. The summed E-state index contributed by atoms with van der Waals surface area (Å²) in [7, 11) is 0. The normalized spacial score (nSPS) is 19.0. The van der Waals surface area contributed by atoms with Gasteiger partial charge in [-0.1, -0.05) is 42.5 Å². The van der Waals surface area contributed by atoms with Crippen molar-refractivity contribution in [1.29, 1.82) is 0 Å². The van der Waals surface area contributed by atoms with Crippen molar-refractivity contribution in [1.82, 2.24) is 5.32 Å². The van der Waals surface area contributed by atoms with E-state index >= 15 is 0 Å². The zero-order valence-corrected chi connectivity index (χ0v) is 18.8. The summed E-state index contributed by atoms with van der Waals surface area (Å²) in [6.45, 7) is 1.68. The van der Waals surface area contributed by atoms with Gasteiger partial charge in [-0.15, -0.1) is 12.4 Å². The molecule has 166 valence electrons. The quantitative estimate of drug-likeness (QED) is 0.435. The van der Waals surface area contributed by atoms with Gasteiger partial charge in [0, 0.05) is 23.2 Å². The molecular weight excluding hydrogens is 420 g/mol. The molecule has 0 heterocycles. The van der Waals surface area contributed by atoms with E-state index in [0.717, 1.165) is 22.9 Å². The summed E-state index contributed by atoms with van der Waals surface area (Å²) < 4.78 is 5.79. The number of nitrogens with one attached hydrogen (secondary N) is 2. The number of hydrogen-bond acceptors (Lipinski definition) is 3. The summed E-state index contributed by atoms with van der Waals surface area (Å²) >= 11 is 0. The number of carbonyl (C=O) groups is 1. The van der Waals surface area contributed by atoms with Crippen LogP contribution in [0.4, 0.5) is 5.69 Å². The second-order valence-corrected chi connectivity index (χ2v) is 8.68. The first kappa shape index (κ1) is 22.4. The van der Waals surface area contributed by atoms with Crippen LogP contribution in [0.15, 0.2) is 78.9 Å². The minimum Gasteiger partial charge on any atom is -0.489 e. The van der Waals surface area contributed by atoms with E-state index in [9.17, 15) is 4.79 Å². The summed E-state index contributed by atoms with van der Waals surface area (Å²) in [5.41, 5.74) is 3.90. The van der Waals surface area contributed by atoms with Gasteiger partial charge in [0.05, 0.1) is 0 Å². The van der Waals surface area contributed by atoms with Crippen molar-refractivity contribution in [2.45, 2.75) is 37.8 Å². The van der Waals surface area contributed by atoms with Crippen LogP contribution >= 0.6 is 12.4 Å². The van der Waals surface area contributed by atoms with Crippen LogP contribution in [0.5, 0.6) is 5.75 Å². The summed E-state index contributed by atoms with van der Waals surface area (Å²) in [6, 6.07) is 26.2. The van der Waals surface area contributed by atoms with Gasteiger partial charge in [-0.3, -0.25) is 4.79 Å². The van der Waals surface area contributed by atoms with Crippen molar-refractivity contribution in [3.63, 3.8) is 0 Å². The molecule has 2 N–H and O–H groups in total. The molecule has 0 spiro atoms. The number of carbonyl (C=O) groups excluding carboxylic acids is 1. The average Bonchev–Trinajstić information content (AvgIpc) is 3.73. The van der Waals surface area contributed by atoms with Crippen molar-refractivity contribution < 1.29 is 9.53 Å². The molecule has 2 aliphatic rings. The molecule has 2 atom stereocenters. The van der Waals surface area contributed by atoms with E-state index in [1.165, 1.54) is 31.4 Å². The number of hydrogen-bond donors (Lipinski definition) is 2. The monoisotopic (exact) mass is 448 g/mol. The molecule has 2 aliphatic carbocycles. The first-order valence-corrected chi connectivity index (χ1v) is 11.2. The van der Waals surface area contributed by atoms with Crippen LogP contribution in [0, 0.1) is 5.92 Å². The smallest absolute Gasteiger partial charge is 0.255 e. The third kappa shape index (κ3) is 5.90. The molecular formula is C27H29ClN2O2. The summed E-state index contributed by atoms with van der Waals surface area (Å²) in [5, 5.41) is 6.66. The van der Waals surface area contributed by atoms with E-state index in [4.69, 9.17) is 4.74 Å². The lowest BCUT2D eigenvalue weighted by molar-refractivity contribution is 0.102. The zero-order valence-electron chi connectivity index (χ0n) is 18.0. The first-order chi connectivity index (χ1) is 15.2. The largest absolute Gasteiger partial charge is 0.489 e. The van der Waals surface area contributed by atoms with Crippen LogP contribution in [0.1, 0.15) is 46.7 Å². The molecule has 5 rings (SSSR count). The molecule has 32 heavy (non-hydrogen) atoms. The fourth-order valence-electron chi connectivity index (χ4n) is 3.89. The number of anilines is 1. The van der Waals surface area contributed by atoms with E-state index in [2.05, 4.69) is 22.8 Å². The lowest BCUT2D eigenvalue weighted by Gasteiger charge is -2.09. The molecule has 0 bridgehead atoms. The number of benzene rings is 3. The maximum Gasteiger partial charge on any atom is 0.255 e. The van der Waals surface area contributed by atoms with Crippen LogP contribution < -0.4 is 15.4 Å². The maximum atomic E-state index is 12.6. The lowest BCUT2D eigenvalue weighted by atomic mass is 10.1. The highest BCUT2D eigenvalue weighted by Crippen LogP contribution is 2.41.